The third-order valence-electron chi connectivity index (χ3n) is 3.44. The van der Waals surface area contributed by atoms with E-state index in [1.165, 1.54) is 11.1 Å². The molecule has 2 heteroatoms. The van der Waals surface area contributed by atoms with Gasteiger partial charge in [0.25, 0.3) is 0 Å². The predicted octanol–water partition coefficient (Wildman–Crippen LogP) is 5.39. The zero-order valence-electron chi connectivity index (χ0n) is 11.9. The van der Waals surface area contributed by atoms with Gasteiger partial charge in [-0.2, -0.15) is 0 Å². The quantitative estimate of drug-likeness (QED) is 0.621. The van der Waals surface area contributed by atoms with Crippen LogP contribution in [0.15, 0.2) is 54.6 Å². The molecule has 106 valence electrons. The molecule has 0 bridgehead atoms. The summed E-state index contributed by atoms with van der Waals surface area (Å²) in [7, 11) is 0. The van der Waals surface area contributed by atoms with Gasteiger partial charge in [0.1, 0.15) is 5.75 Å². The Balaban J connectivity index is 1.86. The smallest absolute Gasteiger partial charge is 0.119 e. The summed E-state index contributed by atoms with van der Waals surface area (Å²) in [5.74, 6) is 2.28. The minimum atomic E-state index is 0.621. The van der Waals surface area contributed by atoms with Crippen molar-refractivity contribution in [3.8, 4) is 16.9 Å². The Morgan fingerprint density at radius 1 is 0.900 bits per heavy atom. The highest BCUT2D eigenvalue weighted by molar-refractivity contribution is 6.17. The number of alkyl halides is 1. The summed E-state index contributed by atoms with van der Waals surface area (Å²) >= 11 is 5.73. The van der Waals surface area contributed by atoms with Gasteiger partial charge in [-0.3, -0.25) is 0 Å². The molecule has 0 aliphatic heterocycles. The molecule has 2 aromatic carbocycles. The van der Waals surface area contributed by atoms with E-state index < -0.39 is 0 Å². The van der Waals surface area contributed by atoms with Crippen molar-refractivity contribution in [3.63, 3.8) is 0 Å². The first-order valence-electron chi connectivity index (χ1n) is 7.14. The van der Waals surface area contributed by atoms with E-state index in [1.807, 2.05) is 18.2 Å². The summed E-state index contributed by atoms with van der Waals surface area (Å²) < 4.78 is 5.77. The van der Waals surface area contributed by atoms with Gasteiger partial charge in [-0.15, -0.1) is 11.6 Å². The second kappa shape index (κ2) is 7.96. The van der Waals surface area contributed by atoms with Crippen molar-refractivity contribution in [1.29, 1.82) is 0 Å². The molecule has 1 atom stereocenters. The van der Waals surface area contributed by atoms with Gasteiger partial charge in [0.05, 0.1) is 6.61 Å². The zero-order valence-corrected chi connectivity index (χ0v) is 12.6. The van der Waals surface area contributed by atoms with Crippen molar-refractivity contribution in [2.45, 2.75) is 19.8 Å². The van der Waals surface area contributed by atoms with Crippen molar-refractivity contribution in [2.75, 3.05) is 12.5 Å². The summed E-state index contributed by atoms with van der Waals surface area (Å²) in [6, 6.07) is 18.6. The first-order valence-corrected chi connectivity index (χ1v) is 7.67. The number of benzene rings is 2. The second-order valence-corrected chi connectivity index (χ2v) is 5.49. The molecular formula is C18H21ClO. The highest BCUT2D eigenvalue weighted by atomic mass is 35.5. The van der Waals surface area contributed by atoms with Crippen LogP contribution >= 0.6 is 11.6 Å². The fourth-order valence-electron chi connectivity index (χ4n) is 2.08. The maximum absolute atomic E-state index is 5.77. The lowest BCUT2D eigenvalue weighted by Crippen LogP contribution is -2.04. The number of rotatable bonds is 7. The molecule has 0 N–H and O–H groups in total. The average Bonchev–Trinajstić information content (AvgIpc) is 2.49. The van der Waals surface area contributed by atoms with Crippen molar-refractivity contribution >= 4 is 11.6 Å². The third-order valence-corrected chi connectivity index (χ3v) is 3.66. The van der Waals surface area contributed by atoms with Gasteiger partial charge < -0.3 is 4.74 Å². The van der Waals surface area contributed by atoms with Crippen molar-refractivity contribution < 1.29 is 4.74 Å². The summed E-state index contributed by atoms with van der Waals surface area (Å²) in [5, 5.41) is 0. The molecule has 20 heavy (non-hydrogen) atoms. The topological polar surface area (TPSA) is 9.23 Å². The van der Waals surface area contributed by atoms with Crippen LogP contribution in [0.1, 0.15) is 19.8 Å². The minimum absolute atomic E-state index is 0.621. The molecule has 0 radical (unpaired) electrons. The molecule has 2 aromatic rings. The van der Waals surface area contributed by atoms with E-state index in [9.17, 15) is 0 Å². The first-order chi connectivity index (χ1) is 9.79. The van der Waals surface area contributed by atoms with Crippen LogP contribution in [0, 0.1) is 5.92 Å². The Morgan fingerprint density at radius 3 is 2.20 bits per heavy atom. The summed E-state index contributed by atoms with van der Waals surface area (Å²) in [6.45, 7) is 2.97. The van der Waals surface area contributed by atoms with Crippen molar-refractivity contribution in [2.24, 2.45) is 5.92 Å². The van der Waals surface area contributed by atoms with Gasteiger partial charge in [0, 0.05) is 5.88 Å². The lowest BCUT2D eigenvalue weighted by molar-refractivity contribution is 0.282. The molecule has 0 spiro atoms. The van der Waals surface area contributed by atoms with E-state index >= 15 is 0 Å². The maximum atomic E-state index is 5.77. The average molecular weight is 289 g/mol. The molecule has 0 aliphatic carbocycles. The van der Waals surface area contributed by atoms with Gasteiger partial charge >= 0.3 is 0 Å². The number of halogens is 1. The van der Waals surface area contributed by atoms with Crippen molar-refractivity contribution in [3.05, 3.63) is 54.6 Å². The summed E-state index contributed by atoms with van der Waals surface area (Å²) in [6.07, 6.45) is 2.10. The zero-order chi connectivity index (χ0) is 14.2. The summed E-state index contributed by atoms with van der Waals surface area (Å²) in [5.41, 5.74) is 2.45. The lowest BCUT2D eigenvalue weighted by atomic mass is 10.1. The van der Waals surface area contributed by atoms with E-state index in [4.69, 9.17) is 16.3 Å². The number of hydrogen-bond donors (Lipinski definition) is 0. The van der Waals surface area contributed by atoms with Crippen LogP contribution in [0.4, 0.5) is 0 Å². The molecule has 0 fully saturated rings. The molecule has 0 heterocycles. The van der Waals surface area contributed by atoms with Gasteiger partial charge in [0.15, 0.2) is 0 Å². The van der Waals surface area contributed by atoms with Crippen molar-refractivity contribution in [1.82, 2.24) is 0 Å². The van der Waals surface area contributed by atoms with Gasteiger partial charge in [-0.05, 0) is 42.0 Å². The van der Waals surface area contributed by atoms with Gasteiger partial charge in [-0.25, -0.2) is 0 Å². The second-order valence-electron chi connectivity index (χ2n) is 5.11. The largest absolute Gasteiger partial charge is 0.494 e. The first kappa shape index (κ1) is 14.9. The minimum Gasteiger partial charge on any atom is -0.494 e. The molecule has 1 unspecified atom stereocenters. The van der Waals surface area contributed by atoms with E-state index in [0.29, 0.717) is 5.92 Å². The SMILES string of the molecule is CC(CCCl)CCOc1ccc(-c2ccccc2)cc1. The lowest BCUT2D eigenvalue weighted by Gasteiger charge is -2.11. The standard InChI is InChI=1S/C18H21ClO/c1-15(11-13-19)12-14-20-18-9-7-17(8-10-18)16-5-3-2-4-6-16/h2-10,15H,11-14H2,1H3. The Kier molecular flexibility index (Phi) is 5.94. The molecule has 1 nitrogen and oxygen atoms in total. The highest BCUT2D eigenvalue weighted by Crippen LogP contribution is 2.22. The molecule has 0 saturated carbocycles. The maximum Gasteiger partial charge on any atom is 0.119 e. The highest BCUT2D eigenvalue weighted by Gasteiger charge is 2.02. The van der Waals surface area contributed by atoms with Crippen LogP contribution in [0.5, 0.6) is 5.75 Å². The fraction of sp³-hybridized carbons (Fsp3) is 0.333. The molecule has 2 rings (SSSR count). The fourth-order valence-corrected chi connectivity index (χ4v) is 2.46. The third kappa shape index (κ3) is 4.57. The van der Waals surface area contributed by atoms with Crippen LogP contribution in [-0.4, -0.2) is 12.5 Å². The number of hydrogen-bond acceptors (Lipinski definition) is 1. The molecule has 0 amide bonds. The van der Waals surface area contributed by atoms with Crippen LogP contribution in [0.2, 0.25) is 0 Å². The van der Waals surface area contributed by atoms with Crippen LogP contribution < -0.4 is 4.74 Å². The summed E-state index contributed by atoms with van der Waals surface area (Å²) in [4.78, 5) is 0. The Labute approximate surface area is 126 Å². The van der Waals surface area contributed by atoms with E-state index in [0.717, 1.165) is 31.1 Å². The van der Waals surface area contributed by atoms with E-state index in [-0.39, 0.29) is 0 Å². The van der Waals surface area contributed by atoms with E-state index in [2.05, 4.69) is 43.3 Å². The monoisotopic (exact) mass is 288 g/mol. The van der Waals surface area contributed by atoms with Gasteiger partial charge in [0.2, 0.25) is 0 Å². The molecule has 0 aliphatic rings. The molecule has 0 aromatic heterocycles. The molecule has 0 saturated heterocycles. The Hall–Kier alpha value is -1.47. The van der Waals surface area contributed by atoms with Gasteiger partial charge in [-0.1, -0.05) is 49.4 Å². The number of ether oxygens (including phenoxy) is 1. The normalized spacial score (nSPS) is 12.1. The van der Waals surface area contributed by atoms with Crippen LogP contribution in [-0.2, 0) is 0 Å². The Bertz CT molecular complexity index is 493. The van der Waals surface area contributed by atoms with Crippen LogP contribution in [0.3, 0.4) is 0 Å². The van der Waals surface area contributed by atoms with Crippen LogP contribution in [0.25, 0.3) is 11.1 Å². The molecular weight excluding hydrogens is 268 g/mol. The Morgan fingerprint density at radius 2 is 1.55 bits per heavy atom. The van der Waals surface area contributed by atoms with E-state index in [1.54, 1.807) is 0 Å². The predicted molar refractivity (Wildman–Crippen MR) is 86.5 cm³/mol.